The van der Waals surface area contributed by atoms with E-state index < -0.39 is 11.6 Å². The second-order valence-electron chi connectivity index (χ2n) is 5.37. The van der Waals surface area contributed by atoms with Crippen molar-refractivity contribution in [2.75, 3.05) is 19.4 Å². The molecule has 5 heteroatoms. The lowest BCUT2D eigenvalue weighted by atomic mass is 9.86. The fourth-order valence-electron chi connectivity index (χ4n) is 3.07. The Hall–Kier alpha value is -0.650. The summed E-state index contributed by atoms with van der Waals surface area (Å²) in [7, 11) is 1.90. The number of aliphatic hydroxyl groups is 1. The van der Waals surface area contributed by atoms with Gasteiger partial charge in [-0.15, -0.1) is 11.8 Å². The number of thioether (sulfide) groups is 1. The Morgan fingerprint density at radius 1 is 1.40 bits per heavy atom. The van der Waals surface area contributed by atoms with E-state index in [1.165, 1.54) is 23.9 Å². The van der Waals surface area contributed by atoms with Crippen LogP contribution >= 0.6 is 11.8 Å². The molecule has 0 aliphatic heterocycles. The number of aliphatic hydroxyl groups excluding tert-OH is 1. The zero-order valence-corrected chi connectivity index (χ0v) is 12.5. The summed E-state index contributed by atoms with van der Waals surface area (Å²) < 4.78 is 25.9. The molecule has 2 unspecified atom stereocenters. The van der Waals surface area contributed by atoms with E-state index in [0.717, 1.165) is 36.3 Å². The minimum atomic E-state index is -0.806. The average Bonchev–Trinajstić information content (AvgIpc) is 2.86. The Kier molecular flexibility index (Phi) is 5.41. The Morgan fingerprint density at radius 2 is 2.20 bits per heavy atom. The van der Waals surface area contributed by atoms with Crippen molar-refractivity contribution in [2.24, 2.45) is 5.92 Å². The van der Waals surface area contributed by atoms with E-state index >= 15 is 0 Å². The van der Waals surface area contributed by atoms with Crippen molar-refractivity contribution < 1.29 is 13.9 Å². The van der Waals surface area contributed by atoms with E-state index in [0.29, 0.717) is 5.92 Å². The maximum atomic E-state index is 13.1. The molecule has 1 saturated carbocycles. The fraction of sp³-hybridized carbons (Fsp3) is 0.600. The molecule has 2 atom stereocenters. The summed E-state index contributed by atoms with van der Waals surface area (Å²) in [5, 5.41) is 12.9. The first-order valence-electron chi connectivity index (χ1n) is 6.99. The van der Waals surface area contributed by atoms with E-state index in [2.05, 4.69) is 5.32 Å². The lowest BCUT2D eigenvalue weighted by Crippen LogP contribution is -2.49. The Bertz CT molecular complexity index is 451. The zero-order chi connectivity index (χ0) is 14.6. The predicted octanol–water partition coefficient (Wildman–Crippen LogP) is 3.20. The normalized spacial score (nSPS) is 26.1. The summed E-state index contributed by atoms with van der Waals surface area (Å²) >= 11 is 1.54. The molecule has 0 radical (unpaired) electrons. The first kappa shape index (κ1) is 15.7. The molecule has 1 aromatic carbocycles. The van der Waals surface area contributed by atoms with E-state index in [1.807, 2.05) is 7.05 Å². The van der Waals surface area contributed by atoms with E-state index in [1.54, 1.807) is 6.07 Å². The van der Waals surface area contributed by atoms with Gasteiger partial charge >= 0.3 is 0 Å². The van der Waals surface area contributed by atoms with Crippen LogP contribution in [0, 0.1) is 17.6 Å². The van der Waals surface area contributed by atoms with Gasteiger partial charge in [-0.3, -0.25) is 0 Å². The van der Waals surface area contributed by atoms with Crippen molar-refractivity contribution in [3.05, 3.63) is 29.8 Å². The molecule has 0 bridgehead atoms. The fourth-order valence-corrected chi connectivity index (χ4v) is 4.06. The molecular weight excluding hydrogens is 280 g/mol. The molecule has 2 N–H and O–H groups in total. The van der Waals surface area contributed by atoms with Crippen LogP contribution in [0.2, 0.25) is 0 Å². The van der Waals surface area contributed by atoms with Gasteiger partial charge in [0.25, 0.3) is 0 Å². The molecule has 1 aliphatic carbocycles. The lowest BCUT2D eigenvalue weighted by Gasteiger charge is -2.33. The van der Waals surface area contributed by atoms with Gasteiger partial charge in [-0.05, 0) is 56.2 Å². The third-order valence-corrected chi connectivity index (χ3v) is 5.39. The zero-order valence-electron chi connectivity index (χ0n) is 11.7. The molecule has 0 aromatic heterocycles. The maximum Gasteiger partial charge on any atom is 0.159 e. The summed E-state index contributed by atoms with van der Waals surface area (Å²) in [5.41, 5.74) is -0.158. The van der Waals surface area contributed by atoms with Crippen LogP contribution in [0.4, 0.5) is 8.78 Å². The number of nitrogens with one attached hydrogen (secondary N) is 1. The highest BCUT2D eigenvalue weighted by Gasteiger charge is 2.40. The molecule has 1 fully saturated rings. The molecule has 0 heterocycles. The van der Waals surface area contributed by atoms with Crippen LogP contribution in [0.5, 0.6) is 0 Å². The molecule has 2 nitrogen and oxygen atoms in total. The quantitative estimate of drug-likeness (QED) is 0.792. The molecule has 20 heavy (non-hydrogen) atoms. The number of likely N-dealkylation sites (N-methyl/N-ethyl adjacent to an activating group) is 1. The van der Waals surface area contributed by atoms with Gasteiger partial charge in [0.05, 0.1) is 6.61 Å². The standard InChI is InChI=1S/C15H21F2NOS/c1-18-15(10-19)7-2-3-11(15)6-8-20-12-4-5-13(16)14(17)9-12/h4-5,9,11,18-19H,2-3,6-8,10H2,1H3. The molecule has 112 valence electrons. The van der Waals surface area contributed by atoms with Crippen molar-refractivity contribution in [3.8, 4) is 0 Å². The van der Waals surface area contributed by atoms with E-state index in [-0.39, 0.29) is 12.1 Å². The predicted molar refractivity (Wildman–Crippen MR) is 77.9 cm³/mol. The van der Waals surface area contributed by atoms with Gasteiger partial charge in [0, 0.05) is 10.4 Å². The monoisotopic (exact) mass is 301 g/mol. The Labute approximate surface area is 123 Å². The molecular formula is C15H21F2NOS. The first-order chi connectivity index (χ1) is 9.61. The maximum absolute atomic E-state index is 13.1. The minimum Gasteiger partial charge on any atom is -0.394 e. The van der Waals surface area contributed by atoms with Crippen molar-refractivity contribution in [2.45, 2.75) is 36.1 Å². The van der Waals surface area contributed by atoms with Crippen molar-refractivity contribution in [3.63, 3.8) is 0 Å². The Balaban J connectivity index is 1.87. The van der Waals surface area contributed by atoms with E-state index in [9.17, 15) is 13.9 Å². The van der Waals surface area contributed by atoms with Crippen molar-refractivity contribution >= 4 is 11.8 Å². The average molecular weight is 301 g/mol. The highest BCUT2D eigenvalue weighted by atomic mass is 32.2. The van der Waals surface area contributed by atoms with Crippen molar-refractivity contribution in [1.29, 1.82) is 0 Å². The third kappa shape index (κ3) is 3.32. The van der Waals surface area contributed by atoms with Gasteiger partial charge in [0.1, 0.15) is 0 Å². The number of hydrogen-bond acceptors (Lipinski definition) is 3. The van der Waals surface area contributed by atoms with E-state index in [4.69, 9.17) is 0 Å². The van der Waals surface area contributed by atoms with Gasteiger partial charge < -0.3 is 10.4 Å². The SMILES string of the molecule is CNC1(CO)CCCC1CCSc1ccc(F)c(F)c1. The van der Waals surface area contributed by atoms with Gasteiger partial charge in [-0.1, -0.05) is 6.42 Å². The summed E-state index contributed by atoms with van der Waals surface area (Å²) in [6, 6.07) is 4.01. The lowest BCUT2D eigenvalue weighted by molar-refractivity contribution is 0.130. The molecule has 0 amide bonds. The van der Waals surface area contributed by atoms with Crippen LogP contribution in [-0.4, -0.2) is 30.1 Å². The minimum absolute atomic E-state index is 0.157. The second kappa shape index (κ2) is 6.87. The van der Waals surface area contributed by atoms with Gasteiger partial charge in [-0.25, -0.2) is 8.78 Å². The summed E-state index contributed by atoms with van der Waals surface area (Å²) in [5.74, 6) is -0.315. The van der Waals surface area contributed by atoms with Crippen LogP contribution in [0.1, 0.15) is 25.7 Å². The molecule has 1 aromatic rings. The Morgan fingerprint density at radius 3 is 2.85 bits per heavy atom. The molecule has 1 aliphatic rings. The van der Waals surface area contributed by atoms with Crippen LogP contribution in [0.15, 0.2) is 23.1 Å². The topological polar surface area (TPSA) is 32.3 Å². The van der Waals surface area contributed by atoms with Gasteiger partial charge in [0.2, 0.25) is 0 Å². The summed E-state index contributed by atoms with van der Waals surface area (Å²) in [6.45, 7) is 0.157. The highest BCUT2D eigenvalue weighted by molar-refractivity contribution is 7.99. The summed E-state index contributed by atoms with van der Waals surface area (Å²) in [6.07, 6.45) is 4.20. The molecule has 0 spiro atoms. The largest absolute Gasteiger partial charge is 0.394 e. The van der Waals surface area contributed by atoms with Gasteiger partial charge in [0.15, 0.2) is 11.6 Å². The summed E-state index contributed by atoms with van der Waals surface area (Å²) in [4.78, 5) is 0.751. The molecule has 0 saturated heterocycles. The highest BCUT2D eigenvalue weighted by Crippen LogP contribution is 2.38. The van der Waals surface area contributed by atoms with Crippen LogP contribution in [0.3, 0.4) is 0 Å². The van der Waals surface area contributed by atoms with Gasteiger partial charge in [-0.2, -0.15) is 0 Å². The van der Waals surface area contributed by atoms with Crippen LogP contribution in [-0.2, 0) is 0 Å². The number of rotatable bonds is 6. The smallest absolute Gasteiger partial charge is 0.159 e. The van der Waals surface area contributed by atoms with Crippen molar-refractivity contribution in [1.82, 2.24) is 5.32 Å². The number of hydrogen-bond donors (Lipinski definition) is 2. The second-order valence-corrected chi connectivity index (χ2v) is 6.53. The number of halogens is 2. The van der Waals surface area contributed by atoms with Crippen LogP contribution in [0.25, 0.3) is 0 Å². The van der Waals surface area contributed by atoms with Crippen LogP contribution < -0.4 is 5.32 Å². The third-order valence-electron chi connectivity index (χ3n) is 4.36. The first-order valence-corrected chi connectivity index (χ1v) is 7.97. The number of benzene rings is 1. The molecule has 2 rings (SSSR count).